The van der Waals surface area contributed by atoms with Crippen LogP contribution in [0.4, 0.5) is 10.1 Å². The molecule has 0 heterocycles. The van der Waals surface area contributed by atoms with Crippen LogP contribution in [0.2, 0.25) is 0 Å². The lowest BCUT2D eigenvalue weighted by Crippen LogP contribution is -2.44. The number of hydrogen-bond donors (Lipinski definition) is 2. The van der Waals surface area contributed by atoms with Crippen molar-refractivity contribution in [3.05, 3.63) is 24.0 Å². The van der Waals surface area contributed by atoms with Crippen molar-refractivity contribution in [3.8, 4) is 5.75 Å². The van der Waals surface area contributed by atoms with Crippen LogP contribution in [0.5, 0.6) is 5.75 Å². The zero-order valence-corrected chi connectivity index (χ0v) is 10.9. The number of nitrogens with two attached hydrogens (primary N) is 1. The van der Waals surface area contributed by atoms with Crippen molar-refractivity contribution in [1.29, 1.82) is 0 Å². The van der Waals surface area contributed by atoms with Gasteiger partial charge in [0.05, 0.1) is 5.69 Å². The minimum Gasteiger partial charge on any atom is -0.482 e. The van der Waals surface area contributed by atoms with Gasteiger partial charge in [-0.15, -0.1) is 0 Å². The molecule has 1 aromatic carbocycles. The number of hydrogen-bond acceptors (Lipinski definition) is 3. The molecule has 0 aliphatic rings. The molecule has 0 fully saturated rings. The van der Waals surface area contributed by atoms with E-state index in [9.17, 15) is 9.18 Å². The molecule has 0 saturated carbocycles. The van der Waals surface area contributed by atoms with E-state index in [2.05, 4.69) is 5.32 Å². The fourth-order valence-corrected chi connectivity index (χ4v) is 1.30. The number of benzene rings is 1. The Balaban J connectivity index is 2.53. The highest BCUT2D eigenvalue weighted by Crippen LogP contribution is 2.21. The Bertz CT molecular complexity index is 433. The number of carbonyl (C=O) groups excluding carboxylic acids is 1. The lowest BCUT2D eigenvalue weighted by atomic mass is 10.0. The Kier molecular flexibility index (Phi) is 4.53. The highest BCUT2D eigenvalue weighted by molar-refractivity contribution is 5.78. The van der Waals surface area contributed by atoms with Crippen LogP contribution in [-0.2, 0) is 4.79 Å². The Hall–Kier alpha value is -1.78. The Morgan fingerprint density at radius 2 is 2.17 bits per heavy atom. The molecule has 0 spiro atoms. The molecular weight excluding hydrogens is 235 g/mol. The molecule has 0 unspecified atom stereocenters. The van der Waals surface area contributed by atoms with Crippen molar-refractivity contribution in [3.63, 3.8) is 0 Å². The molecular formula is C13H19FN2O2. The summed E-state index contributed by atoms with van der Waals surface area (Å²) in [6.07, 6.45) is 0.817. The van der Waals surface area contributed by atoms with Crippen LogP contribution in [-0.4, -0.2) is 18.1 Å². The minimum absolute atomic E-state index is 0.140. The first-order chi connectivity index (χ1) is 8.34. The second-order valence-corrected chi connectivity index (χ2v) is 4.76. The van der Waals surface area contributed by atoms with Gasteiger partial charge in [0.2, 0.25) is 0 Å². The molecule has 18 heavy (non-hydrogen) atoms. The Morgan fingerprint density at radius 1 is 1.50 bits per heavy atom. The number of amides is 1. The van der Waals surface area contributed by atoms with Gasteiger partial charge < -0.3 is 15.8 Å². The Labute approximate surface area is 106 Å². The van der Waals surface area contributed by atoms with E-state index in [1.165, 1.54) is 12.1 Å². The molecule has 1 aromatic rings. The quantitative estimate of drug-likeness (QED) is 0.791. The summed E-state index contributed by atoms with van der Waals surface area (Å²) < 4.78 is 18.0. The lowest BCUT2D eigenvalue weighted by molar-refractivity contribution is -0.124. The minimum atomic E-state index is -0.434. The molecule has 4 nitrogen and oxygen atoms in total. The summed E-state index contributed by atoms with van der Waals surface area (Å²) >= 11 is 0. The van der Waals surface area contributed by atoms with Gasteiger partial charge in [0, 0.05) is 11.6 Å². The van der Waals surface area contributed by atoms with E-state index in [-0.39, 0.29) is 23.7 Å². The smallest absolute Gasteiger partial charge is 0.258 e. The average molecular weight is 254 g/mol. The maximum absolute atomic E-state index is 12.8. The summed E-state index contributed by atoms with van der Waals surface area (Å²) in [4.78, 5) is 11.6. The number of ether oxygens (including phenoxy) is 1. The van der Waals surface area contributed by atoms with Gasteiger partial charge >= 0.3 is 0 Å². The van der Waals surface area contributed by atoms with Gasteiger partial charge in [-0.3, -0.25) is 4.79 Å². The normalized spacial score (nSPS) is 11.1. The van der Waals surface area contributed by atoms with Gasteiger partial charge in [0.25, 0.3) is 5.91 Å². The molecule has 0 aromatic heterocycles. The number of rotatable bonds is 5. The monoisotopic (exact) mass is 254 g/mol. The van der Waals surface area contributed by atoms with Crippen molar-refractivity contribution >= 4 is 11.6 Å². The maximum Gasteiger partial charge on any atom is 0.258 e. The van der Waals surface area contributed by atoms with Gasteiger partial charge in [-0.1, -0.05) is 6.92 Å². The highest BCUT2D eigenvalue weighted by Gasteiger charge is 2.18. The van der Waals surface area contributed by atoms with Crippen LogP contribution in [0.15, 0.2) is 18.2 Å². The highest BCUT2D eigenvalue weighted by atomic mass is 19.1. The fraction of sp³-hybridized carbons (Fsp3) is 0.462. The Morgan fingerprint density at radius 3 is 2.72 bits per heavy atom. The van der Waals surface area contributed by atoms with Crippen molar-refractivity contribution in [2.75, 3.05) is 12.3 Å². The molecule has 0 saturated heterocycles. The van der Waals surface area contributed by atoms with E-state index in [1.54, 1.807) is 0 Å². The predicted octanol–water partition coefficient (Wildman–Crippen LogP) is 2.09. The van der Waals surface area contributed by atoms with E-state index in [1.807, 2.05) is 20.8 Å². The van der Waals surface area contributed by atoms with Gasteiger partial charge in [-0.05, 0) is 32.4 Å². The number of carbonyl (C=O) groups is 1. The zero-order valence-electron chi connectivity index (χ0n) is 10.9. The number of halogens is 1. The van der Waals surface area contributed by atoms with Crippen LogP contribution < -0.4 is 15.8 Å². The van der Waals surface area contributed by atoms with Crippen molar-refractivity contribution < 1.29 is 13.9 Å². The first kappa shape index (κ1) is 14.3. The second kappa shape index (κ2) is 5.71. The second-order valence-electron chi connectivity index (χ2n) is 4.76. The van der Waals surface area contributed by atoms with Crippen molar-refractivity contribution in [2.24, 2.45) is 0 Å². The molecule has 0 bridgehead atoms. The summed E-state index contributed by atoms with van der Waals surface area (Å²) in [5.74, 6) is -0.358. The topological polar surface area (TPSA) is 64.3 Å². The first-order valence-corrected chi connectivity index (χ1v) is 5.83. The summed E-state index contributed by atoms with van der Waals surface area (Å²) in [7, 11) is 0. The first-order valence-electron chi connectivity index (χ1n) is 5.83. The van der Waals surface area contributed by atoms with E-state index >= 15 is 0 Å². The van der Waals surface area contributed by atoms with E-state index in [0.29, 0.717) is 5.75 Å². The number of anilines is 1. The van der Waals surface area contributed by atoms with Crippen molar-refractivity contribution in [2.45, 2.75) is 32.7 Å². The molecule has 5 heteroatoms. The fourth-order valence-electron chi connectivity index (χ4n) is 1.30. The van der Waals surface area contributed by atoms with Crippen LogP contribution in [0.25, 0.3) is 0 Å². The van der Waals surface area contributed by atoms with E-state index < -0.39 is 5.82 Å². The van der Waals surface area contributed by atoms with Crippen LogP contribution in [0, 0.1) is 5.82 Å². The van der Waals surface area contributed by atoms with Crippen LogP contribution >= 0.6 is 0 Å². The van der Waals surface area contributed by atoms with Gasteiger partial charge in [0.15, 0.2) is 6.61 Å². The maximum atomic E-state index is 12.8. The van der Waals surface area contributed by atoms with Gasteiger partial charge in [-0.25, -0.2) is 4.39 Å². The van der Waals surface area contributed by atoms with E-state index in [4.69, 9.17) is 10.5 Å². The summed E-state index contributed by atoms with van der Waals surface area (Å²) in [6, 6.07) is 3.80. The lowest BCUT2D eigenvalue weighted by Gasteiger charge is -2.24. The van der Waals surface area contributed by atoms with Gasteiger partial charge in [0.1, 0.15) is 11.6 Å². The summed E-state index contributed by atoms with van der Waals surface area (Å²) in [5, 5.41) is 2.83. The average Bonchev–Trinajstić information content (AvgIpc) is 2.27. The van der Waals surface area contributed by atoms with Gasteiger partial charge in [-0.2, -0.15) is 0 Å². The number of nitrogens with one attached hydrogen (secondary N) is 1. The van der Waals surface area contributed by atoms with Crippen LogP contribution in [0.3, 0.4) is 0 Å². The largest absolute Gasteiger partial charge is 0.482 e. The molecule has 0 aliphatic heterocycles. The van der Waals surface area contributed by atoms with Crippen LogP contribution in [0.1, 0.15) is 27.2 Å². The molecule has 1 amide bonds. The SMILES string of the molecule is CCC(C)(C)NC(=O)COc1ccc(F)cc1N. The number of nitrogen functional groups attached to an aromatic ring is 1. The summed E-state index contributed by atoms with van der Waals surface area (Å²) in [6.45, 7) is 5.70. The molecule has 0 radical (unpaired) electrons. The third kappa shape index (κ3) is 4.24. The third-order valence-electron chi connectivity index (χ3n) is 2.69. The van der Waals surface area contributed by atoms with E-state index in [0.717, 1.165) is 12.5 Å². The molecule has 3 N–H and O–H groups in total. The zero-order chi connectivity index (χ0) is 13.8. The standard InChI is InChI=1S/C13H19FN2O2/c1-4-13(2,3)16-12(17)8-18-11-6-5-9(14)7-10(11)15/h5-7H,4,8,15H2,1-3H3,(H,16,17). The molecule has 0 aliphatic carbocycles. The molecule has 100 valence electrons. The molecule has 0 atom stereocenters. The third-order valence-corrected chi connectivity index (χ3v) is 2.69. The predicted molar refractivity (Wildman–Crippen MR) is 68.8 cm³/mol. The molecule has 1 rings (SSSR count). The van der Waals surface area contributed by atoms with Crippen molar-refractivity contribution in [1.82, 2.24) is 5.32 Å². The summed E-state index contributed by atoms with van der Waals surface area (Å²) in [5.41, 5.74) is 5.47.